The molecule has 4 rings (SSSR count). The first kappa shape index (κ1) is 14.0. The van der Waals surface area contributed by atoms with Crippen LogP contribution < -0.4 is 16.0 Å². The summed E-state index contributed by atoms with van der Waals surface area (Å²) in [7, 11) is 0. The SMILES string of the molecule is NC1CCCN(c2ccncc2Nc2nnc3ccccn23)C1. The fraction of sp³-hybridized carbons (Fsp3) is 0.312. The van der Waals surface area contributed by atoms with Crippen LogP contribution in [0.5, 0.6) is 0 Å². The summed E-state index contributed by atoms with van der Waals surface area (Å²) in [6.07, 6.45) is 7.75. The normalized spacial score (nSPS) is 18.3. The van der Waals surface area contributed by atoms with Crippen molar-refractivity contribution in [2.75, 3.05) is 23.3 Å². The van der Waals surface area contributed by atoms with Crippen molar-refractivity contribution >= 4 is 23.0 Å². The Kier molecular flexibility index (Phi) is 3.55. The van der Waals surface area contributed by atoms with Gasteiger partial charge in [-0.1, -0.05) is 6.07 Å². The van der Waals surface area contributed by atoms with E-state index in [-0.39, 0.29) is 6.04 Å². The summed E-state index contributed by atoms with van der Waals surface area (Å²) in [5.41, 5.74) is 8.94. The van der Waals surface area contributed by atoms with Gasteiger partial charge in [0.25, 0.3) is 0 Å². The molecule has 7 heteroatoms. The second-order valence-corrected chi connectivity index (χ2v) is 5.82. The predicted octanol–water partition coefficient (Wildman–Crippen LogP) is 1.80. The first-order chi connectivity index (χ1) is 11.3. The van der Waals surface area contributed by atoms with Crippen molar-refractivity contribution in [2.24, 2.45) is 5.73 Å². The zero-order valence-electron chi connectivity index (χ0n) is 12.8. The molecule has 1 saturated heterocycles. The van der Waals surface area contributed by atoms with Crippen LogP contribution in [0.15, 0.2) is 42.9 Å². The van der Waals surface area contributed by atoms with Crippen molar-refractivity contribution in [1.82, 2.24) is 19.6 Å². The molecule has 1 unspecified atom stereocenters. The van der Waals surface area contributed by atoms with E-state index in [1.807, 2.05) is 47.3 Å². The van der Waals surface area contributed by atoms with Crippen molar-refractivity contribution in [1.29, 1.82) is 0 Å². The van der Waals surface area contributed by atoms with Crippen LogP contribution >= 0.6 is 0 Å². The molecule has 1 atom stereocenters. The number of hydrogen-bond donors (Lipinski definition) is 2. The van der Waals surface area contributed by atoms with Crippen LogP contribution in [0.1, 0.15) is 12.8 Å². The van der Waals surface area contributed by atoms with Gasteiger partial charge in [-0.25, -0.2) is 0 Å². The van der Waals surface area contributed by atoms with E-state index in [2.05, 4.69) is 25.4 Å². The predicted molar refractivity (Wildman–Crippen MR) is 89.9 cm³/mol. The van der Waals surface area contributed by atoms with Gasteiger partial charge in [-0.3, -0.25) is 9.38 Å². The van der Waals surface area contributed by atoms with Crippen LogP contribution in [0.25, 0.3) is 5.65 Å². The average molecular weight is 309 g/mol. The molecule has 0 bridgehead atoms. The van der Waals surface area contributed by atoms with Crippen LogP contribution in [0.3, 0.4) is 0 Å². The summed E-state index contributed by atoms with van der Waals surface area (Å²) in [5.74, 6) is 0.677. The van der Waals surface area contributed by atoms with Crippen LogP contribution in [0.2, 0.25) is 0 Å². The van der Waals surface area contributed by atoms with E-state index in [1.54, 1.807) is 0 Å². The minimum Gasteiger partial charge on any atom is -0.368 e. The number of nitrogens with one attached hydrogen (secondary N) is 1. The van der Waals surface area contributed by atoms with E-state index in [1.165, 1.54) is 0 Å². The molecule has 1 fully saturated rings. The minimum absolute atomic E-state index is 0.221. The lowest BCUT2D eigenvalue weighted by atomic mass is 10.1. The zero-order valence-corrected chi connectivity index (χ0v) is 12.8. The highest BCUT2D eigenvalue weighted by Crippen LogP contribution is 2.29. The van der Waals surface area contributed by atoms with Gasteiger partial charge in [0.05, 0.1) is 17.6 Å². The Morgan fingerprint density at radius 1 is 1.22 bits per heavy atom. The first-order valence-corrected chi connectivity index (χ1v) is 7.82. The van der Waals surface area contributed by atoms with E-state index in [0.717, 1.165) is 43.0 Å². The van der Waals surface area contributed by atoms with E-state index < -0.39 is 0 Å². The van der Waals surface area contributed by atoms with Gasteiger partial charge in [-0.05, 0) is 31.0 Å². The third kappa shape index (κ3) is 2.70. The first-order valence-electron chi connectivity index (χ1n) is 7.82. The lowest BCUT2D eigenvalue weighted by molar-refractivity contribution is 0.506. The monoisotopic (exact) mass is 309 g/mol. The molecule has 1 aliphatic rings. The van der Waals surface area contributed by atoms with E-state index >= 15 is 0 Å². The number of rotatable bonds is 3. The molecule has 23 heavy (non-hydrogen) atoms. The topological polar surface area (TPSA) is 84.4 Å². The van der Waals surface area contributed by atoms with Gasteiger partial charge >= 0.3 is 0 Å². The lowest BCUT2D eigenvalue weighted by Crippen LogP contribution is -2.43. The Balaban J connectivity index is 1.67. The van der Waals surface area contributed by atoms with Gasteiger partial charge in [-0.2, -0.15) is 0 Å². The fourth-order valence-corrected chi connectivity index (χ4v) is 3.04. The van der Waals surface area contributed by atoms with Gasteiger partial charge in [0.2, 0.25) is 5.95 Å². The van der Waals surface area contributed by atoms with E-state index in [4.69, 9.17) is 5.73 Å². The maximum atomic E-state index is 6.12. The summed E-state index contributed by atoms with van der Waals surface area (Å²) >= 11 is 0. The summed E-state index contributed by atoms with van der Waals surface area (Å²) in [5, 5.41) is 11.7. The molecule has 0 amide bonds. The third-order valence-electron chi connectivity index (χ3n) is 4.16. The Morgan fingerprint density at radius 2 is 2.17 bits per heavy atom. The Bertz CT molecular complexity index is 813. The molecule has 0 saturated carbocycles. The standard InChI is InChI=1S/C16H19N7/c17-12-4-3-8-22(11-12)14-6-7-18-10-13(14)19-16-21-20-15-5-1-2-9-23(15)16/h1-2,5-7,9-10,12H,3-4,8,11,17H2,(H,19,21). The molecule has 118 valence electrons. The number of piperidine rings is 1. The highest BCUT2D eigenvalue weighted by molar-refractivity contribution is 5.73. The van der Waals surface area contributed by atoms with Crippen molar-refractivity contribution in [3.05, 3.63) is 42.9 Å². The summed E-state index contributed by atoms with van der Waals surface area (Å²) < 4.78 is 1.92. The minimum atomic E-state index is 0.221. The van der Waals surface area contributed by atoms with Crippen LogP contribution in [0, 0.1) is 0 Å². The van der Waals surface area contributed by atoms with E-state index in [9.17, 15) is 0 Å². The van der Waals surface area contributed by atoms with Crippen molar-refractivity contribution in [3.8, 4) is 0 Å². The smallest absolute Gasteiger partial charge is 0.233 e. The summed E-state index contributed by atoms with van der Waals surface area (Å²) in [4.78, 5) is 6.55. The number of aromatic nitrogens is 4. The Hall–Kier alpha value is -2.67. The average Bonchev–Trinajstić information content (AvgIpc) is 2.99. The zero-order chi connectivity index (χ0) is 15.6. The van der Waals surface area contributed by atoms with Crippen LogP contribution in [0.4, 0.5) is 17.3 Å². The number of pyridine rings is 2. The number of nitrogens with two attached hydrogens (primary N) is 1. The third-order valence-corrected chi connectivity index (χ3v) is 4.16. The quantitative estimate of drug-likeness (QED) is 0.767. The number of anilines is 3. The molecule has 0 aromatic carbocycles. The van der Waals surface area contributed by atoms with Gasteiger partial charge in [0, 0.05) is 31.5 Å². The molecule has 1 aliphatic heterocycles. The van der Waals surface area contributed by atoms with Gasteiger partial charge in [0.15, 0.2) is 5.65 Å². The van der Waals surface area contributed by atoms with Gasteiger partial charge in [0.1, 0.15) is 0 Å². The molecule has 3 aromatic heterocycles. The van der Waals surface area contributed by atoms with Crippen LogP contribution in [-0.2, 0) is 0 Å². The van der Waals surface area contributed by atoms with Crippen molar-refractivity contribution in [3.63, 3.8) is 0 Å². The molecule has 0 radical (unpaired) electrons. The Morgan fingerprint density at radius 3 is 3.09 bits per heavy atom. The highest BCUT2D eigenvalue weighted by atomic mass is 15.3. The van der Waals surface area contributed by atoms with Gasteiger partial charge in [-0.15, -0.1) is 10.2 Å². The maximum Gasteiger partial charge on any atom is 0.233 e. The molecular formula is C16H19N7. The second-order valence-electron chi connectivity index (χ2n) is 5.82. The van der Waals surface area contributed by atoms with E-state index in [0.29, 0.717) is 5.95 Å². The number of fused-ring (bicyclic) bond motifs is 1. The Labute approximate surface area is 134 Å². The molecular weight excluding hydrogens is 290 g/mol. The fourth-order valence-electron chi connectivity index (χ4n) is 3.04. The maximum absolute atomic E-state index is 6.12. The van der Waals surface area contributed by atoms with Crippen molar-refractivity contribution < 1.29 is 0 Å². The highest BCUT2D eigenvalue weighted by Gasteiger charge is 2.20. The largest absolute Gasteiger partial charge is 0.368 e. The molecule has 7 nitrogen and oxygen atoms in total. The summed E-state index contributed by atoms with van der Waals surface area (Å²) in [6, 6.07) is 8.06. The molecule has 3 N–H and O–H groups in total. The second kappa shape index (κ2) is 5.85. The number of nitrogens with zero attached hydrogens (tertiary/aromatic N) is 5. The lowest BCUT2D eigenvalue weighted by Gasteiger charge is -2.33. The number of hydrogen-bond acceptors (Lipinski definition) is 6. The molecule has 0 aliphatic carbocycles. The summed E-state index contributed by atoms with van der Waals surface area (Å²) in [6.45, 7) is 1.87. The van der Waals surface area contributed by atoms with Gasteiger partial charge < -0.3 is 16.0 Å². The van der Waals surface area contributed by atoms with Crippen molar-refractivity contribution in [2.45, 2.75) is 18.9 Å². The molecule has 3 aromatic rings. The van der Waals surface area contributed by atoms with Crippen LogP contribution in [-0.4, -0.2) is 38.7 Å². The molecule has 0 spiro atoms. The molecule has 4 heterocycles.